The Kier molecular flexibility index (Phi) is 7.42. The van der Waals surface area contributed by atoms with Gasteiger partial charge in [0, 0.05) is 6.54 Å². The number of hydrogen-bond donors (Lipinski definition) is 1. The Labute approximate surface area is 120 Å². The first-order valence-electron chi connectivity index (χ1n) is 6.85. The third kappa shape index (κ3) is 4.84. The first-order valence-corrected chi connectivity index (χ1v) is 6.85. The molecule has 2 nitrogen and oxygen atoms in total. The second-order valence-corrected chi connectivity index (χ2v) is 4.56. The molecule has 0 saturated carbocycles. The number of ether oxygens (including phenoxy) is 1. The standard InChI is InChI=1S/C14H18F5NO/c1-2-3-4-5-6-20-7-8-21-14-12(18)10(16)9(15)11(17)13(14)19/h20H,2-8H2,1H3. The van der Waals surface area contributed by atoms with E-state index < -0.39 is 34.8 Å². The molecule has 7 heteroatoms. The van der Waals surface area contributed by atoms with E-state index in [0.29, 0.717) is 6.54 Å². The number of hydrogen-bond acceptors (Lipinski definition) is 2. The van der Waals surface area contributed by atoms with Crippen molar-refractivity contribution in [3.8, 4) is 5.75 Å². The van der Waals surface area contributed by atoms with Crippen LogP contribution in [0.15, 0.2) is 0 Å². The van der Waals surface area contributed by atoms with Gasteiger partial charge in [0.2, 0.25) is 29.1 Å². The van der Waals surface area contributed by atoms with E-state index in [0.717, 1.165) is 25.7 Å². The monoisotopic (exact) mass is 311 g/mol. The van der Waals surface area contributed by atoms with Gasteiger partial charge in [-0.2, -0.15) is 8.78 Å². The average Bonchev–Trinajstić information content (AvgIpc) is 2.49. The van der Waals surface area contributed by atoms with Crippen LogP contribution in [0, 0.1) is 29.1 Å². The third-order valence-corrected chi connectivity index (χ3v) is 2.90. The minimum absolute atomic E-state index is 0.188. The van der Waals surface area contributed by atoms with E-state index in [4.69, 9.17) is 0 Å². The topological polar surface area (TPSA) is 21.3 Å². The van der Waals surface area contributed by atoms with Gasteiger partial charge in [-0.25, -0.2) is 13.2 Å². The molecule has 0 unspecified atom stereocenters. The van der Waals surface area contributed by atoms with E-state index in [9.17, 15) is 22.0 Å². The number of unbranched alkanes of at least 4 members (excludes halogenated alkanes) is 3. The Morgan fingerprint density at radius 2 is 1.33 bits per heavy atom. The lowest BCUT2D eigenvalue weighted by atomic mass is 10.2. The van der Waals surface area contributed by atoms with Crippen LogP contribution < -0.4 is 10.1 Å². The molecule has 0 atom stereocenters. The molecule has 0 heterocycles. The Bertz CT molecular complexity index is 438. The van der Waals surface area contributed by atoms with Gasteiger partial charge in [-0.1, -0.05) is 26.2 Å². The first kappa shape index (κ1) is 17.7. The molecule has 0 aliphatic heterocycles. The zero-order chi connectivity index (χ0) is 15.8. The van der Waals surface area contributed by atoms with E-state index in [2.05, 4.69) is 17.0 Å². The summed E-state index contributed by atoms with van der Waals surface area (Å²) in [4.78, 5) is 0. The van der Waals surface area contributed by atoms with Gasteiger partial charge in [0.1, 0.15) is 6.61 Å². The van der Waals surface area contributed by atoms with Crippen molar-refractivity contribution in [2.45, 2.75) is 32.6 Å². The predicted molar refractivity (Wildman–Crippen MR) is 68.7 cm³/mol. The van der Waals surface area contributed by atoms with Gasteiger partial charge in [0.25, 0.3) is 0 Å². The number of benzene rings is 1. The summed E-state index contributed by atoms with van der Waals surface area (Å²) >= 11 is 0. The zero-order valence-corrected chi connectivity index (χ0v) is 11.7. The van der Waals surface area contributed by atoms with Crippen LogP contribution in [0.5, 0.6) is 5.75 Å². The molecule has 1 aromatic carbocycles. The lowest BCUT2D eigenvalue weighted by molar-refractivity contribution is 0.261. The van der Waals surface area contributed by atoms with E-state index in [-0.39, 0.29) is 13.2 Å². The highest BCUT2D eigenvalue weighted by molar-refractivity contribution is 5.29. The van der Waals surface area contributed by atoms with Gasteiger partial charge < -0.3 is 10.1 Å². The maximum Gasteiger partial charge on any atom is 0.206 e. The van der Waals surface area contributed by atoms with Crippen molar-refractivity contribution in [2.24, 2.45) is 0 Å². The van der Waals surface area contributed by atoms with Crippen LogP contribution in [0.1, 0.15) is 32.6 Å². The normalized spacial score (nSPS) is 11.0. The highest BCUT2D eigenvalue weighted by atomic mass is 19.2. The Morgan fingerprint density at radius 3 is 1.90 bits per heavy atom. The van der Waals surface area contributed by atoms with Crippen LogP contribution in [0.2, 0.25) is 0 Å². The molecule has 0 spiro atoms. The molecule has 1 rings (SSSR count). The summed E-state index contributed by atoms with van der Waals surface area (Å²) in [5.74, 6) is -11.3. The molecular formula is C14H18F5NO. The summed E-state index contributed by atoms with van der Waals surface area (Å²) in [6.45, 7) is 2.86. The van der Waals surface area contributed by atoms with Crippen molar-refractivity contribution in [1.29, 1.82) is 0 Å². The van der Waals surface area contributed by atoms with Crippen LogP contribution in [0.4, 0.5) is 22.0 Å². The third-order valence-electron chi connectivity index (χ3n) is 2.90. The molecular weight excluding hydrogens is 293 g/mol. The lowest BCUT2D eigenvalue weighted by Crippen LogP contribution is -2.23. The Morgan fingerprint density at radius 1 is 0.762 bits per heavy atom. The molecule has 0 fully saturated rings. The highest BCUT2D eigenvalue weighted by Crippen LogP contribution is 2.28. The summed E-state index contributed by atoms with van der Waals surface area (Å²) in [5, 5.41) is 2.96. The van der Waals surface area contributed by atoms with Crippen LogP contribution in [0.25, 0.3) is 0 Å². The molecule has 120 valence electrons. The molecule has 0 aliphatic carbocycles. The smallest absolute Gasteiger partial charge is 0.206 e. The van der Waals surface area contributed by atoms with Gasteiger partial charge in [-0.3, -0.25) is 0 Å². The zero-order valence-electron chi connectivity index (χ0n) is 11.7. The molecule has 21 heavy (non-hydrogen) atoms. The minimum Gasteiger partial charge on any atom is -0.486 e. The highest BCUT2D eigenvalue weighted by Gasteiger charge is 2.26. The van der Waals surface area contributed by atoms with Crippen LogP contribution in [-0.2, 0) is 0 Å². The quantitative estimate of drug-likeness (QED) is 0.323. The van der Waals surface area contributed by atoms with Crippen molar-refractivity contribution in [3.05, 3.63) is 29.1 Å². The van der Waals surface area contributed by atoms with Gasteiger partial charge in [0.15, 0.2) is 5.75 Å². The molecule has 0 radical (unpaired) electrons. The van der Waals surface area contributed by atoms with Gasteiger partial charge in [-0.15, -0.1) is 0 Å². The maximum absolute atomic E-state index is 13.3. The Balaban J connectivity index is 2.43. The first-order chi connectivity index (χ1) is 10.0. The molecule has 0 aliphatic rings. The lowest BCUT2D eigenvalue weighted by Gasteiger charge is -2.10. The summed E-state index contributed by atoms with van der Waals surface area (Å²) in [7, 11) is 0. The number of rotatable bonds is 9. The van der Waals surface area contributed by atoms with Gasteiger partial charge in [-0.05, 0) is 13.0 Å². The van der Waals surface area contributed by atoms with E-state index >= 15 is 0 Å². The van der Waals surface area contributed by atoms with Crippen LogP contribution >= 0.6 is 0 Å². The fourth-order valence-electron chi connectivity index (χ4n) is 1.74. The van der Waals surface area contributed by atoms with Crippen molar-refractivity contribution < 1.29 is 26.7 Å². The van der Waals surface area contributed by atoms with Crippen molar-refractivity contribution in [2.75, 3.05) is 19.7 Å². The van der Waals surface area contributed by atoms with Gasteiger partial charge >= 0.3 is 0 Å². The van der Waals surface area contributed by atoms with Gasteiger partial charge in [0.05, 0.1) is 0 Å². The second-order valence-electron chi connectivity index (χ2n) is 4.56. The molecule has 0 bridgehead atoms. The predicted octanol–water partition coefficient (Wildman–Crippen LogP) is 3.93. The van der Waals surface area contributed by atoms with Crippen molar-refractivity contribution in [1.82, 2.24) is 5.32 Å². The molecule has 0 aromatic heterocycles. The van der Waals surface area contributed by atoms with E-state index in [1.807, 2.05) is 0 Å². The average molecular weight is 311 g/mol. The second kappa shape index (κ2) is 8.81. The summed E-state index contributed by atoms with van der Waals surface area (Å²) in [6, 6.07) is 0. The number of halogens is 5. The van der Waals surface area contributed by atoms with Crippen molar-refractivity contribution >= 4 is 0 Å². The molecule has 0 saturated heterocycles. The largest absolute Gasteiger partial charge is 0.486 e. The van der Waals surface area contributed by atoms with E-state index in [1.54, 1.807) is 0 Å². The van der Waals surface area contributed by atoms with Crippen molar-refractivity contribution in [3.63, 3.8) is 0 Å². The Hall–Kier alpha value is -1.37. The minimum atomic E-state index is -2.19. The fourth-order valence-corrected chi connectivity index (χ4v) is 1.74. The summed E-state index contributed by atoms with van der Waals surface area (Å²) < 4.78 is 69.7. The summed E-state index contributed by atoms with van der Waals surface area (Å²) in [6.07, 6.45) is 4.27. The summed E-state index contributed by atoms with van der Waals surface area (Å²) in [5.41, 5.74) is 0. The molecule has 0 amide bonds. The molecule has 1 N–H and O–H groups in total. The van der Waals surface area contributed by atoms with E-state index in [1.165, 1.54) is 0 Å². The van der Waals surface area contributed by atoms with Crippen LogP contribution in [-0.4, -0.2) is 19.7 Å². The van der Waals surface area contributed by atoms with Crippen LogP contribution in [0.3, 0.4) is 0 Å². The fraction of sp³-hybridized carbons (Fsp3) is 0.571. The molecule has 1 aromatic rings. The SMILES string of the molecule is CCCCCCNCCOc1c(F)c(F)c(F)c(F)c1F. The number of nitrogens with one attached hydrogen (secondary N) is 1. The maximum atomic E-state index is 13.3.